The van der Waals surface area contributed by atoms with Crippen molar-refractivity contribution in [2.75, 3.05) is 25.0 Å². The van der Waals surface area contributed by atoms with E-state index in [9.17, 15) is 33.6 Å². The Morgan fingerprint density at radius 2 is 1.38 bits per heavy atom. The van der Waals surface area contributed by atoms with E-state index < -0.39 is 36.0 Å². The second-order valence-corrected chi connectivity index (χ2v) is 16.0. The van der Waals surface area contributed by atoms with Crippen molar-refractivity contribution in [2.24, 2.45) is 11.7 Å². The monoisotopic (exact) mass is 862 g/mol. The van der Waals surface area contributed by atoms with Crippen LogP contribution >= 0.6 is 0 Å². The Hall–Kier alpha value is -6.57. The standard InChI is InChI=1S/C38H47N5O5.C11H15NO3/c1-5-25(6-2)22-26-17-19-27(20-18-26)41-35(44)33(16-11-21-40-37(39)46)42-36(45)34(24(3)4)43-38(47)48-23-32-30-14-9-7-12-28(30)29-13-8-10-15-31(29)32;1-9(13)5-3-2-4-8-12-10(14)6-7-11(12)15/h7-10,12-15,17-20,22,24,32-34H,5-6,11,16,21,23H2,1-4H3,(H,41,44)(H,42,45)(H,43,47)(H3,39,40,46);6-7H,2-5,8H2,1H3/t33-,34-;/m0./s1. The molecule has 0 fully saturated rings. The highest BCUT2D eigenvalue weighted by Gasteiger charge is 2.32. The molecule has 63 heavy (non-hydrogen) atoms. The Labute approximate surface area is 370 Å². The van der Waals surface area contributed by atoms with Gasteiger partial charge in [0.2, 0.25) is 11.8 Å². The van der Waals surface area contributed by atoms with Gasteiger partial charge in [0.05, 0.1) is 0 Å². The number of hydrogen-bond acceptors (Lipinski definition) is 8. The summed E-state index contributed by atoms with van der Waals surface area (Å²) in [5.74, 6) is -1.64. The van der Waals surface area contributed by atoms with Crippen LogP contribution < -0.4 is 27.0 Å². The molecule has 6 N–H and O–H groups in total. The number of nitrogens with two attached hydrogens (primary N) is 1. The summed E-state index contributed by atoms with van der Waals surface area (Å²) in [4.78, 5) is 85.3. The van der Waals surface area contributed by atoms with E-state index in [1.165, 1.54) is 22.6 Å². The largest absolute Gasteiger partial charge is 0.449 e. The molecule has 1 aliphatic heterocycles. The molecule has 0 aromatic heterocycles. The highest BCUT2D eigenvalue weighted by molar-refractivity contribution is 6.12. The molecular formula is C49H62N6O8. The first-order chi connectivity index (χ1) is 30.2. The summed E-state index contributed by atoms with van der Waals surface area (Å²) in [6, 6.07) is 21.0. The number of unbranched alkanes of at least 4 members (excludes halogenated alkanes) is 2. The first kappa shape index (κ1) is 49.1. The van der Waals surface area contributed by atoms with Crippen molar-refractivity contribution in [2.45, 2.75) is 104 Å². The number of primary amides is 1. The van der Waals surface area contributed by atoms with Gasteiger partial charge in [-0.25, -0.2) is 9.59 Å². The molecule has 1 heterocycles. The minimum Gasteiger partial charge on any atom is -0.449 e. The van der Waals surface area contributed by atoms with Crippen LogP contribution in [-0.4, -0.2) is 78.2 Å². The number of ketones is 1. The average molecular weight is 863 g/mol. The van der Waals surface area contributed by atoms with E-state index in [0.717, 1.165) is 59.9 Å². The van der Waals surface area contributed by atoms with Crippen LogP contribution in [-0.2, 0) is 28.7 Å². The number of amides is 7. The lowest BCUT2D eigenvalue weighted by molar-refractivity contribution is -0.137. The zero-order chi connectivity index (χ0) is 45.9. The molecular weight excluding hydrogens is 801 g/mol. The Balaban J connectivity index is 0.000000490. The number of carbonyl (C=O) groups excluding carboxylic acids is 7. The predicted octanol–water partition coefficient (Wildman–Crippen LogP) is 7.39. The van der Waals surface area contributed by atoms with Crippen molar-refractivity contribution in [3.63, 3.8) is 0 Å². The van der Waals surface area contributed by atoms with Gasteiger partial charge in [0.1, 0.15) is 24.5 Å². The van der Waals surface area contributed by atoms with Crippen LogP contribution in [0.4, 0.5) is 15.3 Å². The third-order valence-corrected chi connectivity index (χ3v) is 10.9. The molecule has 336 valence electrons. The van der Waals surface area contributed by atoms with Crippen LogP contribution in [0.25, 0.3) is 17.2 Å². The van der Waals surface area contributed by atoms with Crippen molar-refractivity contribution in [3.05, 3.63) is 107 Å². The molecule has 0 bridgehead atoms. The molecule has 14 nitrogen and oxygen atoms in total. The predicted molar refractivity (Wildman–Crippen MR) is 244 cm³/mol. The number of allylic oxidation sites excluding steroid dienone is 1. The van der Waals surface area contributed by atoms with Crippen LogP contribution in [0.1, 0.15) is 109 Å². The highest BCUT2D eigenvalue weighted by Crippen LogP contribution is 2.44. The maximum absolute atomic E-state index is 13.6. The summed E-state index contributed by atoms with van der Waals surface area (Å²) in [7, 11) is 0. The van der Waals surface area contributed by atoms with E-state index in [0.29, 0.717) is 25.1 Å². The number of nitrogens with zero attached hydrogens (tertiary/aromatic N) is 1. The Kier molecular flexibility index (Phi) is 19.3. The molecule has 5 rings (SSSR count). The molecule has 14 heteroatoms. The zero-order valence-electron chi connectivity index (χ0n) is 37.0. The highest BCUT2D eigenvalue weighted by atomic mass is 16.5. The van der Waals surface area contributed by atoms with E-state index in [-0.39, 0.29) is 49.0 Å². The fraction of sp³-hybridized carbons (Fsp3) is 0.408. The summed E-state index contributed by atoms with van der Waals surface area (Å²) >= 11 is 0. The van der Waals surface area contributed by atoms with Crippen molar-refractivity contribution in [1.82, 2.24) is 20.9 Å². The van der Waals surface area contributed by atoms with Gasteiger partial charge in [-0.2, -0.15) is 0 Å². The molecule has 2 aliphatic rings. The van der Waals surface area contributed by atoms with Gasteiger partial charge in [0.25, 0.3) is 11.8 Å². The van der Waals surface area contributed by atoms with E-state index in [1.54, 1.807) is 20.8 Å². The number of ether oxygens (including phenoxy) is 1. The Bertz CT molecular complexity index is 2080. The van der Waals surface area contributed by atoms with Crippen molar-refractivity contribution < 1.29 is 38.3 Å². The second kappa shape index (κ2) is 24.8. The number of benzene rings is 3. The normalized spacial score (nSPS) is 13.5. The molecule has 3 aromatic carbocycles. The SMILES string of the molecule is CC(=O)CCCCCN1C(=O)C=CC1=O.CCC(=Cc1ccc(NC(=O)[C@H](CCCNC(N)=O)NC(=O)[C@@H](NC(=O)OCC2c3ccccc3-c3ccccc32)C(C)C)cc1)CC. The number of imide groups is 1. The van der Waals surface area contributed by atoms with Gasteiger partial charge < -0.3 is 36.5 Å². The minimum absolute atomic E-state index is 0.108. The van der Waals surface area contributed by atoms with E-state index in [4.69, 9.17) is 10.5 Å². The van der Waals surface area contributed by atoms with Gasteiger partial charge in [-0.3, -0.25) is 24.1 Å². The Morgan fingerprint density at radius 1 is 0.778 bits per heavy atom. The number of nitrogens with one attached hydrogen (secondary N) is 4. The first-order valence-corrected chi connectivity index (χ1v) is 21.8. The number of urea groups is 1. The molecule has 0 saturated carbocycles. The molecule has 0 saturated heterocycles. The summed E-state index contributed by atoms with van der Waals surface area (Å²) in [6.45, 7) is 10.2. The van der Waals surface area contributed by atoms with Crippen LogP contribution in [0.2, 0.25) is 0 Å². The summed E-state index contributed by atoms with van der Waals surface area (Å²) in [5, 5.41) is 10.9. The molecule has 0 spiro atoms. The number of fused-ring (bicyclic) bond motifs is 3. The number of carbonyl (C=O) groups is 7. The van der Waals surface area contributed by atoms with Crippen molar-refractivity contribution in [3.8, 4) is 11.1 Å². The number of hydrogen-bond donors (Lipinski definition) is 5. The molecule has 2 atom stereocenters. The molecule has 0 radical (unpaired) electrons. The van der Waals surface area contributed by atoms with Gasteiger partial charge in [0.15, 0.2) is 0 Å². The summed E-state index contributed by atoms with van der Waals surface area (Å²) < 4.78 is 5.69. The quantitative estimate of drug-likeness (QED) is 0.0538. The number of anilines is 1. The molecule has 7 amide bonds. The third kappa shape index (κ3) is 15.1. The van der Waals surface area contributed by atoms with Gasteiger partial charge in [-0.15, -0.1) is 0 Å². The lowest BCUT2D eigenvalue weighted by atomic mass is 9.98. The van der Waals surface area contributed by atoms with Gasteiger partial charge in [0, 0.05) is 43.3 Å². The zero-order valence-corrected chi connectivity index (χ0v) is 37.0. The van der Waals surface area contributed by atoms with Crippen LogP contribution in [0.5, 0.6) is 0 Å². The topological polar surface area (TPSA) is 206 Å². The lowest BCUT2D eigenvalue weighted by Gasteiger charge is -2.25. The fourth-order valence-corrected chi connectivity index (χ4v) is 7.40. The number of rotatable bonds is 21. The van der Waals surface area contributed by atoms with Gasteiger partial charge >= 0.3 is 12.1 Å². The maximum Gasteiger partial charge on any atom is 0.407 e. The van der Waals surface area contributed by atoms with Crippen LogP contribution in [0.3, 0.4) is 0 Å². The second-order valence-electron chi connectivity index (χ2n) is 16.0. The van der Waals surface area contributed by atoms with Crippen molar-refractivity contribution in [1.29, 1.82) is 0 Å². The average Bonchev–Trinajstić information content (AvgIpc) is 3.76. The summed E-state index contributed by atoms with van der Waals surface area (Å²) in [6.07, 6.45) is 9.59. The molecule has 1 aliphatic carbocycles. The fourth-order valence-electron chi connectivity index (χ4n) is 7.40. The van der Waals surface area contributed by atoms with Crippen LogP contribution in [0.15, 0.2) is 90.5 Å². The molecule has 3 aromatic rings. The Morgan fingerprint density at radius 3 is 1.94 bits per heavy atom. The van der Waals surface area contributed by atoms with Gasteiger partial charge in [-0.1, -0.05) is 106 Å². The summed E-state index contributed by atoms with van der Waals surface area (Å²) in [5.41, 5.74) is 12.5. The number of Topliss-reactive ketones (excluding diaryl/α,β-unsaturated/α-hetero) is 1. The lowest BCUT2D eigenvalue weighted by Crippen LogP contribution is -2.54. The van der Waals surface area contributed by atoms with E-state index >= 15 is 0 Å². The minimum atomic E-state index is -0.961. The first-order valence-electron chi connectivity index (χ1n) is 21.8. The van der Waals surface area contributed by atoms with E-state index in [1.807, 2.05) is 60.7 Å². The van der Waals surface area contributed by atoms with Crippen molar-refractivity contribution >= 4 is 53.3 Å². The molecule has 0 unspecified atom stereocenters. The number of alkyl carbamates (subject to hydrolysis) is 1. The third-order valence-electron chi connectivity index (χ3n) is 10.9. The van der Waals surface area contributed by atoms with Crippen LogP contribution in [0, 0.1) is 5.92 Å². The van der Waals surface area contributed by atoms with Gasteiger partial charge in [-0.05, 0) is 91.3 Å². The smallest absolute Gasteiger partial charge is 0.407 e. The van der Waals surface area contributed by atoms with E-state index in [2.05, 4.69) is 53.3 Å². The maximum atomic E-state index is 13.6.